The van der Waals surface area contributed by atoms with Crippen molar-refractivity contribution in [2.75, 3.05) is 6.16 Å². The molecule has 0 aromatic rings. The zero-order chi connectivity index (χ0) is 5.82. The third-order valence-corrected chi connectivity index (χ3v) is 2.74. The van der Waals surface area contributed by atoms with Gasteiger partial charge in [-0.25, -0.2) is 0 Å². The normalized spacial score (nSPS) is 30.2. The van der Waals surface area contributed by atoms with Gasteiger partial charge in [0.1, 0.15) is 0 Å². The minimum atomic E-state index is 0.347. The summed E-state index contributed by atoms with van der Waals surface area (Å²) in [5.41, 5.74) is 7.99. The first-order chi connectivity index (χ1) is 3.93. The Morgan fingerprint density at radius 3 is 3.12 bits per heavy atom. The molecule has 0 saturated carbocycles. The molecule has 0 amide bonds. The molecule has 1 aliphatic heterocycles. The standard InChI is InChI=1S/C4H8N3P/c5-7-6-4-2-1-3-8-4/h4,8H,1-3H2. The second-order valence-electron chi connectivity index (χ2n) is 1.82. The molecule has 1 heterocycles. The van der Waals surface area contributed by atoms with Crippen molar-refractivity contribution in [3.63, 3.8) is 0 Å². The molecule has 1 rings (SSSR count). The predicted molar refractivity (Wildman–Crippen MR) is 35.4 cm³/mol. The molecule has 44 valence electrons. The van der Waals surface area contributed by atoms with E-state index in [9.17, 15) is 0 Å². The molecule has 0 N–H and O–H groups in total. The van der Waals surface area contributed by atoms with Gasteiger partial charge < -0.3 is 0 Å². The Bertz CT molecular complexity index is 112. The van der Waals surface area contributed by atoms with Crippen molar-refractivity contribution in [2.45, 2.75) is 18.6 Å². The minimum absolute atomic E-state index is 0.347. The maximum Gasteiger partial charge on any atom is 0.0549 e. The molecule has 2 atom stereocenters. The van der Waals surface area contributed by atoms with Crippen LogP contribution in [0.25, 0.3) is 10.4 Å². The molecule has 0 bridgehead atoms. The fraction of sp³-hybridized carbons (Fsp3) is 1.00. The number of rotatable bonds is 1. The Kier molecular flexibility index (Phi) is 2.13. The highest BCUT2D eigenvalue weighted by atomic mass is 31.1. The van der Waals surface area contributed by atoms with Crippen molar-refractivity contribution in [1.29, 1.82) is 0 Å². The zero-order valence-electron chi connectivity index (χ0n) is 4.54. The van der Waals surface area contributed by atoms with Crippen molar-refractivity contribution in [3.05, 3.63) is 10.4 Å². The van der Waals surface area contributed by atoms with Crippen LogP contribution in [0, 0.1) is 0 Å². The summed E-state index contributed by atoms with van der Waals surface area (Å²) in [5, 5.41) is 3.62. The monoisotopic (exact) mass is 129 g/mol. The Morgan fingerprint density at radius 1 is 1.75 bits per heavy atom. The van der Waals surface area contributed by atoms with Gasteiger partial charge in [-0.15, -0.1) is 8.58 Å². The maximum atomic E-state index is 7.99. The summed E-state index contributed by atoms with van der Waals surface area (Å²) in [4.78, 5) is 2.75. The van der Waals surface area contributed by atoms with Gasteiger partial charge in [0, 0.05) is 4.91 Å². The Labute approximate surface area is 49.9 Å². The average molecular weight is 129 g/mol. The van der Waals surface area contributed by atoms with E-state index in [1.807, 2.05) is 0 Å². The molecule has 0 radical (unpaired) electrons. The van der Waals surface area contributed by atoms with Gasteiger partial charge in [-0.2, -0.15) is 0 Å². The number of hydrogen-bond acceptors (Lipinski definition) is 1. The van der Waals surface area contributed by atoms with Crippen molar-refractivity contribution < 1.29 is 0 Å². The lowest BCUT2D eigenvalue weighted by Crippen LogP contribution is -1.83. The molecule has 1 fully saturated rings. The van der Waals surface area contributed by atoms with Crippen molar-refractivity contribution in [3.8, 4) is 0 Å². The molecule has 0 aromatic carbocycles. The first-order valence-electron chi connectivity index (χ1n) is 2.71. The summed E-state index contributed by atoms with van der Waals surface area (Å²) in [6.07, 6.45) is 3.63. The van der Waals surface area contributed by atoms with E-state index in [0.717, 1.165) is 15.0 Å². The third kappa shape index (κ3) is 1.36. The summed E-state index contributed by atoms with van der Waals surface area (Å²) in [6, 6.07) is 0. The van der Waals surface area contributed by atoms with Crippen molar-refractivity contribution in [2.24, 2.45) is 5.11 Å². The van der Waals surface area contributed by atoms with Crippen LogP contribution in [0.1, 0.15) is 12.8 Å². The zero-order valence-corrected chi connectivity index (χ0v) is 5.54. The van der Waals surface area contributed by atoms with Crippen LogP contribution < -0.4 is 0 Å². The molecule has 1 saturated heterocycles. The van der Waals surface area contributed by atoms with Crippen LogP contribution in [0.15, 0.2) is 5.11 Å². The lowest BCUT2D eigenvalue weighted by atomic mass is 10.3. The highest BCUT2D eigenvalue weighted by molar-refractivity contribution is 7.39. The van der Waals surface area contributed by atoms with Gasteiger partial charge in [0.2, 0.25) is 0 Å². The minimum Gasteiger partial charge on any atom is -0.113 e. The topological polar surface area (TPSA) is 48.8 Å². The molecule has 0 spiro atoms. The summed E-state index contributed by atoms with van der Waals surface area (Å²) in [5.74, 6) is 0.347. The number of hydrogen-bond donors (Lipinski definition) is 0. The van der Waals surface area contributed by atoms with E-state index in [-0.39, 0.29) is 0 Å². The van der Waals surface area contributed by atoms with E-state index in [1.165, 1.54) is 12.6 Å². The van der Waals surface area contributed by atoms with E-state index in [2.05, 4.69) is 10.0 Å². The average Bonchev–Trinajstić information content (AvgIpc) is 2.19. The maximum absolute atomic E-state index is 7.99. The van der Waals surface area contributed by atoms with E-state index in [1.54, 1.807) is 0 Å². The number of nitrogens with zero attached hydrogens (tertiary/aromatic N) is 3. The van der Waals surface area contributed by atoms with Crippen LogP contribution in [0.4, 0.5) is 0 Å². The summed E-state index contributed by atoms with van der Waals surface area (Å²) in [6.45, 7) is 0. The van der Waals surface area contributed by atoms with Crippen molar-refractivity contribution in [1.82, 2.24) is 0 Å². The highest BCUT2D eigenvalue weighted by Gasteiger charge is 2.11. The van der Waals surface area contributed by atoms with E-state index < -0.39 is 0 Å². The van der Waals surface area contributed by atoms with Crippen molar-refractivity contribution >= 4 is 8.58 Å². The molecule has 8 heavy (non-hydrogen) atoms. The SMILES string of the molecule is [N-]=[N+]=NC1CCCP1. The Balaban J connectivity index is 2.35. The van der Waals surface area contributed by atoms with Crippen LogP contribution in [-0.4, -0.2) is 11.9 Å². The van der Waals surface area contributed by atoms with Gasteiger partial charge in [-0.05, 0) is 24.5 Å². The molecule has 1 aliphatic rings. The molecule has 0 aromatic heterocycles. The van der Waals surface area contributed by atoms with Crippen LogP contribution in [0.2, 0.25) is 0 Å². The fourth-order valence-corrected chi connectivity index (χ4v) is 2.11. The van der Waals surface area contributed by atoms with Crippen LogP contribution >= 0.6 is 8.58 Å². The van der Waals surface area contributed by atoms with Gasteiger partial charge in [-0.3, -0.25) is 0 Å². The van der Waals surface area contributed by atoms with Crippen LogP contribution in [-0.2, 0) is 0 Å². The third-order valence-electron chi connectivity index (χ3n) is 1.23. The largest absolute Gasteiger partial charge is 0.113 e. The lowest BCUT2D eigenvalue weighted by Gasteiger charge is -1.93. The Morgan fingerprint density at radius 2 is 2.62 bits per heavy atom. The molecule has 4 heteroatoms. The van der Waals surface area contributed by atoms with Crippen LogP contribution in [0.5, 0.6) is 0 Å². The van der Waals surface area contributed by atoms with E-state index in [4.69, 9.17) is 5.53 Å². The molecular formula is C4H8N3P. The predicted octanol–water partition coefficient (Wildman–Crippen LogP) is 2.10. The van der Waals surface area contributed by atoms with Gasteiger partial charge in [0.25, 0.3) is 0 Å². The van der Waals surface area contributed by atoms with Gasteiger partial charge in [0.15, 0.2) is 0 Å². The quantitative estimate of drug-likeness (QED) is 0.225. The fourth-order valence-electron chi connectivity index (χ4n) is 0.827. The summed E-state index contributed by atoms with van der Waals surface area (Å²) >= 11 is 0. The second-order valence-corrected chi connectivity index (χ2v) is 3.39. The molecule has 3 nitrogen and oxygen atoms in total. The van der Waals surface area contributed by atoms with E-state index in [0.29, 0.717) is 5.78 Å². The molecular weight excluding hydrogens is 121 g/mol. The number of azide groups is 1. The first-order valence-corrected chi connectivity index (χ1v) is 3.99. The van der Waals surface area contributed by atoms with Gasteiger partial charge >= 0.3 is 0 Å². The molecule has 0 aliphatic carbocycles. The smallest absolute Gasteiger partial charge is 0.0549 e. The van der Waals surface area contributed by atoms with Gasteiger partial charge in [-0.1, -0.05) is 5.11 Å². The van der Waals surface area contributed by atoms with Gasteiger partial charge in [0.05, 0.1) is 5.78 Å². The van der Waals surface area contributed by atoms with E-state index >= 15 is 0 Å². The molecule has 2 unspecified atom stereocenters. The Hall–Kier alpha value is -0.260. The summed E-state index contributed by atoms with van der Waals surface area (Å²) < 4.78 is 0. The summed E-state index contributed by atoms with van der Waals surface area (Å²) in [7, 11) is 0.886. The first kappa shape index (κ1) is 5.87. The second kappa shape index (κ2) is 2.91. The van der Waals surface area contributed by atoms with Crippen LogP contribution in [0.3, 0.4) is 0 Å². The highest BCUT2D eigenvalue weighted by Crippen LogP contribution is 2.32. The lowest BCUT2D eigenvalue weighted by molar-refractivity contribution is 0.806.